The van der Waals surface area contributed by atoms with Crippen molar-refractivity contribution in [3.8, 4) is 0 Å². The minimum absolute atomic E-state index is 0.112. The number of H-pyrrole nitrogens is 1. The van der Waals surface area contributed by atoms with Crippen LogP contribution in [0.4, 0.5) is 0 Å². The molecule has 0 aliphatic heterocycles. The Labute approximate surface area is 166 Å². The van der Waals surface area contributed by atoms with E-state index in [4.69, 9.17) is 4.42 Å². The number of amides is 1. The van der Waals surface area contributed by atoms with Crippen LogP contribution in [0.1, 0.15) is 36.0 Å². The van der Waals surface area contributed by atoms with Gasteiger partial charge in [-0.3, -0.25) is 14.3 Å². The van der Waals surface area contributed by atoms with Gasteiger partial charge >= 0.3 is 0 Å². The first-order valence-corrected chi connectivity index (χ1v) is 9.36. The summed E-state index contributed by atoms with van der Waals surface area (Å²) in [6, 6.07) is 12.3. The summed E-state index contributed by atoms with van der Waals surface area (Å²) in [7, 11) is 0. The molecule has 0 fully saturated rings. The molecule has 1 amide bonds. The second-order valence-corrected chi connectivity index (χ2v) is 7.03. The molecule has 0 radical (unpaired) electrons. The van der Waals surface area contributed by atoms with Gasteiger partial charge in [-0.2, -0.15) is 5.10 Å². The number of nitrogens with zero attached hydrogens (tertiary/aromatic N) is 4. The van der Waals surface area contributed by atoms with Crippen LogP contribution < -0.4 is 5.56 Å². The highest BCUT2D eigenvalue weighted by atomic mass is 16.4. The number of rotatable bonds is 6. The lowest BCUT2D eigenvalue weighted by Gasteiger charge is -2.25. The van der Waals surface area contributed by atoms with Crippen LogP contribution in [0.25, 0.3) is 10.9 Å². The van der Waals surface area contributed by atoms with Crippen LogP contribution in [-0.2, 0) is 13.1 Å². The van der Waals surface area contributed by atoms with E-state index in [1.807, 2.05) is 32.2 Å². The van der Waals surface area contributed by atoms with Gasteiger partial charge in [-0.05, 0) is 44.2 Å². The summed E-state index contributed by atoms with van der Waals surface area (Å²) in [6.07, 6.45) is 3.51. The first-order valence-electron chi connectivity index (χ1n) is 9.36. The molecule has 3 aromatic heterocycles. The molecule has 29 heavy (non-hydrogen) atoms. The van der Waals surface area contributed by atoms with Crippen molar-refractivity contribution < 1.29 is 9.21 Å². The van der Waals surface area contributed by atoms with Crippen molar-refractivity contribution in [1.29, 1.82) is 0 Å². The lowest BCUT2D eigenvalue weighted by atomic mass is 10.2. The van der Waals surface area contributed by atoms with E-state index in [1.54, 1.807) is 46.1 Å². The van der Waals surface area contributed by atoms with Crippen LogP contribution in [0.15, 0.2) is 64.1 Å². The molecule has 3 heterocycles. The molecule has 0 atom stereocenters. The molecule has 0 spiro atoms. The highest BCUT2D eigenvalue weighted by molar-refractivity contribution is 5.91. The minimum Gasteiger partial charge on any atom is -0.454 e. The zero-order valence-electron chi connectivity index (χ0n) is 16.2. The summed E-state index contributed by atoms with van der Waals surface area (Å²) in [5, 5.41) is 4.66. The van der Waals surface area contributed by atoms with E-state index < -0.39 is 0 Å². The number of hydrogen-bond acceptors (Lipinski definition) is 5. The topological polar surface area (TPSA) is 97.0 Å². The first-order chi connectivity index (χ1) is 14.0. The monoisotopic (exact) mass is 391 g/mol. The van der Waals surface area contributed by atoms with Crippen molar-refractivity contribution in [2.45, 2.75) is 33.0 Å². The van der Waals surface area contributed by atoms with Gasteiger partial charge in [0.05, 0.1) is 24.0 Å². The number of hydrogen-bond donors (Lipinski definition) is 1. The summed E-state index contributed by atoms with van der Waals surface area (Å²) < 4.78 is 7.46. The normalized spacial score (nSPS) is 11.3. The zero-order chi connectivity index (χ0) is 20.4. The lowest BCUT2D eigenvalue weighted by molar-refractivity contribution is 0.0650. The maximum atomic E-state index is 13.0. The summed E-state index contributed by atoms with van der Waals surface area (Å²) in [4.78, 5) is 34.3. The van der Waals surface area contributed by atoms with Gasteiger partial charge in [0.25, 0.3) is 11.5 Å². The Balaban J connectivity index is 1.57. The number of fused-ring (bicyclic) bond motifs is 1. The predicted molar refractivity (Wildman–Crippen MR) is 107 cm³/mol. The van der Waals surface area contributed by atoms with Gasteiger partial charge in [-0.1, -0.05) is 12.1 Å². The maximum Gasteiger partial charge on any atom is 0.290 e. The van der Waals surface area contributed by atoms with E-state index in [-0.39, 0.29) is 29.8 Å². The van der Waals surface area contributed by atoms with E-state index in [0.29, 0.717) is 29.0 Å². The van der Waals surface area contributed by atoms with Crippen molar-refractivity contribution in [2.24, 2.45) is 0 Å². The zero-order valence-corrected chi connectivity index (χ0v) is 16.2. The Bertz CT molecular complexity index is 1190. The fourth-order valence-corrected chi connectivity index (χ4v) is 3.13. The van der Waals surface area contributed by atoms with Gasteiger partial charge in [0.1, 0.15) is 11.6 Å². The van der Waals surface area contributed by atoms with Crippen molar-refractivity contribution in [1.82, 2.24) is 24.6 Å². The smallest absolute Gasteiger partial charge is 0.290 e. The maximum absolute atomic E-state index is 13.0. The Kier molecular flexibility index (Phi) is 4.99. The molecule has 0 saturated heterocycles. The molecule has 8 nitrogen and oxygen atoms in total. The third-order valence-corrected chi connectivity index (χ3v) is 4.62. The van der Waals surface area contributed by atoms with Crippen LogP contribution >= 0.6 is 0 Å². The number of benzene rings is 1. The number of carbonyl (C=O) groups is 1. The number of furan rings is 1. The van der Waals surface area contributed by atoms with Crippen LogP contribution in [0, 0.1) is 0 Å². The number of aromatic amines is 1. The van der Waals surface area contributed by atoms with Crippen molar-refractivity contribution in [3.63, 3.8) is 0 Å². The quantitative estimate of drug-likeness (QED) is 0.545. The van der Waals surface area contributed by atoms with E-state index in [2.05, 4.69) is 15.1 Å². The molecular formula is C21H21N5O3. The Morgan fingerprint density at radius 3 is 2.79 bits per heavy atom. The van der Waals surface area contributed by atoms with Gasteiger partial charge < -0.3 is 14.3 Å². The number of para-hydroxylation sites is 1. The number of nitrogens with one attached hydrogen (secondary N) is 1. The van der Waals surface area contributed by atoms with Gasteiger partial charge in [-0.15, -0.1) is 0 Å². The van der Waals surface area contributed by atoms with Crippen LogP contribution in [0.3, 0.4) is 0 Å². The molecule has 4 aromatic rings. The summed E-state index contributed by atoms with van der Waals surface area (Å²) in [6.45, 7) is 4.43. The van der Waals surface area contributed by atoms with Gasteiger partial charge in [0, 0.05) is 18.4 Å². The standard InChI is InChI=1S/C21H21N5O3/c1-14(2)26(13-19-23-17-7-4-3-6-16(17)20(27)24-19)21(28)18-9-8-15(29-18)12-25-11-5-10-22-25/h3-11,14H,12-13H2,1-2H3,(H,23,24,27). The third kappa shape index (κ3) is 3.96. The molecule has 1 N–H and O–H groups in total. The fraction of sp³-hybridized carbons (Fsp3) is 0.238. The number of aromatic nitrogens is 4. The lowest BCUT2D eigenvalue weighted by Crippen LogP contribution is -2.37. The largest absolute Gasteiger partial charge is 0.454 e. The molecule has 4 rings (SSSR count). The van der Waals surface area contributed by atoms with Crippen LogP contribution in [-0.4, -0.2) is 36.6 Å². The van der Waals surface area contributed by atoms with E-state index in [9.17, 15) is 9.59 Å². The molecule has 0 bridgehead atoms. The van der Waals surface area contributed by atoms with Crippen molar-refractivity contribution in [2.75, 3.05) is 0 Å². The van der Waals surface area contributed by atoms with Crippen molar-refractivity contribution >= 4 is 16.8 Å². The molecule has 0 saturated carbocycles. The average Bonchev–Trinajstić information content (AvgIpc) is 3.38. The van der Waals surface area contributed by atoms with E-state index >= 15 is 0 Å². The summed E-state index contributed by atoms with van der Waals surface area (Å²) in [5.74, 6) is 1.04. The minimum atomic E-state index is -0.262. The molecule has 0 aliphatic carbocycles. The van der Waals surface area contributed by atoms with Gasteiger partial charge in [0.15, 0.2) is 5.76 Å². The molecular weight excluding hydrogens is 370 g/mol. The molecule has 0 aliphatic rings. The SMILES string of the molecule is CC(C)N(Cc1nc2ccccc2c(=O)[nH]1)C(=O)c1ccc(Cn2cccn2)o1. The van der Waals surface area contributed by atoms with Crippen LogP contribution in [0.2, 0.25) is 0 Å². The number of carbonyl (C=O) groups excluding carboxylic acids is 1. The highest BCUT2D eigenvalue weighted by Gasteiger charge is 2.23. The highest BCUT2D eigenvalue weighted by Crippen LogP contribution is 2.16. The third-order valence-electron chi connectivity index (χ3n) is 4.62. The van der Waals surface area contributed by atoms with E-state index in [0.717, 1.165) is 0 Å². The Hall–Kier alpha value is -3.68. The predicted octanol–water partition coefficient (Wildman–Crippen LogP) is 2.81. The molecule has 1 aromatic carbocycles. The van der Waals surface area contributed by atoms with E-state index in [1.165, 1.54) is 0 Å². The average molecular weight is 391 g/mol. The Morgan fingerprint density at radius 1 is 1.21 bits per heavy atom. The van der Waals surface area contributed by atoms with Gasteiger partial charge in [-0.25, -0.2) is 4.98 Å². The van der Waals surface area contributed by atoms with Crippen molar-refractivity contribution in [3.05, 3.63) is 82.6 Å². The van der Waals surface area contributed by atoms with Crippen LogP contribution in [0.5, 0.6) is 0 Å². The second kappa shape index (κ2) is 7.75. The summed E-state index contributed by atoms with van der Waals surface area (Å²) in [5.41, 5.74) is 0.378. The molecule has 148 valence electrons. The van der Waals surface area contributed by atoms with Gasteiger partial charge in [0.2, 0.25) is 0 Å². The summed E-state index contributed by atoms with van der Waals surface area (Å²) >= 11 is 0. The Morgan fingerprint density at radius 2 is 2.03 bits per heavy atom. The second-order valence-electron chi connectivity index (χ2n) is 7.03. The molecule has 0 unspecified atom stereocenters. The molecule has 8 heteroatoms. The fourth-order valence-electron chi connectivity index (χ4n) is 3.13. The first kappa shape index (κ1) is 18.7.